The fourth-order valence-electron chi connectivity index (χ4n) is 4.92. The smallest absolute Gasteiger partial charge is 0.253 e. The predicted molar refractivity (Wildman–Crippen MR) is 131 cm³/mol. The van der Waals surface area contributed by atoms with Crippen molar-refractivity contribution in [3.63, 3.8) is 0 Å². The van der Waals surface area contributed by atoms with Crippen molar-refractivity contribution in [3.05, 3.63) is 95.1 Å². The standard InChI is InChI=1S/C28H28FN3O2/c1-19-16-22(10-11-26(19)34-2)28(33)31-14-12-21(13-15-31)27-30-24-8-3-4-9-25(24)32(27)18-20-6-5-7-23(29)17-20/h3-11,16-17,21H,12-15,18H2,1-2H3. The molecule has 2 heterocycles. The average Bonchev–Trinajstić information content (AvgIpc) is 3.22. The van der Waals surface area contributed by atoms with Crippen LogP contribution in [0.1, 0.15) is 46.1 Å². The lowest BCUT2D eigenvalue weighted by Gasteiger charge is -2.32. The number of piperidine rings is 1. The van der Waals surface area contributed by atoms with E-state index >= 15 is 0 Å². The van der Waals surface area contributed by atoms with Gasteiger partial charge in [-0.25, -0.2) is 9.37 Å². The highest BCUT2D eigenvalue weighted by Crippen LogP contribution is 2.32. The van der Waals surface area contributed by atoms with Gasteiger partial charge in [0.2, 0.25) is 0 Å². The van der Waals surface area contributed by atoms with Crippen LogP contribution in [0.15, 0.2) is 66.7 Å². The molecule has 0 unspecified atom stereocenters. The lowest BCUT2D eigenvalue weighted by atomic mass is 9.95. The number of nitrogens with zero attached hydrogens (tertiary/aromatic N) is 3. The maximum atomic E-state index is 13.8. The Hall–Kier alpha value is -3.67. The maximum Gasteiger partial charge on any atom is 0.253 e. The number of rotatable bonds is 5. The first-order valence-corrected chi connectivity index (χ1v) is 11.7. The van der Waals surface area contributed by atoms with Crippen LogP contribution in [0.5, 0.6) is 5.75 Å². The summed E-state index contributed by atoms with van der Waals surface area (Å²) in [5.74, 6) is 1.86. The molecule has 0 N–H and O–H groups in total. The number of halogens is 1. The number of aromatic nitrogens is 2. The summed E-state index contributed by atoms with van der Waals surface area (Å²) >= 11 is 0. The zero-order chi connectivity index (χ0) is 23.7. The van der Waals surface area contributed by atoms with E-state index in [4.69, 9.17) is 9.72 Å². The lowest BCUT2D eigenvalue weighted by molar-refractivity contribution is 0.0710. The summed E-state index contributed by atoms with van der Waals surface area (Å²) in [6.45, 7) is 3.87. The molecule has 0 atom stereocenters. The second-order valence-electron chi connectivity index (χ2n) is 8.93. The van der Waals surface area contributed by atoms with Crippen molar-refractivity contribution in [2.75, 3.05) is 20.2 Å². The molecule has 0 saturated carbocycles. The number of fused-ring (bicyclic) bond motifs is 1. The summed E-state index contributed by atoms with van der Waals surface area (Å²) in [6, 6.07) is 20.4. The Balaban J connectivity index is 1.36. The molecule has 1 aromatic heterocycles. The summed E-state index contributed by atoms with van der Waals surface area (Å²) in [4.78, 5) is 20.0. The minimum atomic E-state index is -0.232. The number of amides is 1. The maximum absolute atomic E-state index is 13.8. The number of para-hydroxylation sites is 2. The summed E-state index contributed by atoms with van der Waals surface area (Å²) in [6.07, 6.45) is 1.68. The van der Waals surface area contributed by atoms with Gasteiger partial charge in [-0.2, -0.15) is 0 Å². The number of benzene rings is 3. The molecule has 6 heteroatoms. The summed E-state index contributed by atoms with van der Waals surface area (Å²) in [5.41, 5.74) is 4.55. The first-order valence-electron chi connectivity index (χ1n) is 11.7. The van der Waals surface area contributed by atoms with E-state index in [1.54, 1.807) is 19.2 Å². The number of carbonyl (C=O) groups is 1. The fourth-order valence-corrected chi connectivity index (χ4v) is 4.92. The predicted octanol–water partition coefficient (Wildman–Crippen LogP) is 5.56. The van der Waals surface area contributed by atoms with Crippen molar-refractivity contribution >= 4 is 16.9 Å². The monoisotopic (exact) mass is 457 g/mol. The Bertz CT molecular complexity index is 1340. The van der Waals surface area contributed by atoms with Gasteiger partial charge >= 0.3 is 0 Å². The Morgan fingerprint density at radius 1 is 1.06 bits per heavy atom. The molecule has 0 bridgehead atoms. The molecule has 0 spiro atoms. The van der Waals surface area contributed by atoms with E-state index in [-0.39, 0.29) is 17.6 Å². The minimum absolute atomic E-state index is 0.0532. The number of hydrogen-bond donors (Lipinski definition) is 0. The molecule has 4 aromatic rings. The van der Waals surface area contributed by atoms with Crippen LogP contribution in [-0.4, -0.2) is 40.6 Å². The number of carbonyl (C=O) groups excluding carboxylic acids is 1. The molecule has 3 aromatic carbocycles. The van der Waals surface area contributed by atoms with E-state index in [0.717, 1.165) is 46.6 Å². The second-order valence-corrected chi connectivity index (χ2v) is 8.93. The highest BCUT2D eigenvalue weighted by Gasteiger charge is 2.28. The van der Waals surface area contributed by atoms with E-state index in [9.17, 15) is 9.18 Å². The number of methoxy groups -OCH3 is 1. The SMILES string of the molecule is COc1ccc(C(=O)N2CCC(c3nc4ccccc4n3Cc3cccc(F)c3)CC2)cc1C. The topological polar surface area (TPSA) is 47.4 Å². The third-order valence-electron chi connectivity index (χ3n) is 6.70. The Kier molecular flexibility index (Phi) is 6.05. The van der Waals surface area contributed by atoms with Crippen LogP contribution in [0.3, 0.4) is 0 Å². The van der Waals surface area contributed by atoms with Gasteiger partial charge in [0.25, 0.3) is 5.91 Å². The molecule has 1 aliphatic rings. The molecule has 1 aliphatic heterocycles. The molecule has 0 aliphatic carbocycles. The fraction of sp³-hybridized carbons (Fsp3) is 0.286. The third kappa shape index (κ3) is 4.28. The zero-order valence-electron chi connectivity index (χ0n) is 19.5. The second kappa shape index (κ2) is 9.29. The van der Waals surface area contributed by atoms with Gasteiger partial charge in [0.1, 0.15) is 17.4 Å². The molecule has 174 valence electrons. The Morgan fingerprint density at radius 3 is 2.59 bits per heavy atom. The van der Waals surface area contributed by atoms with Crippen molar-refractivity contribution in [2.45, 2.75) is 32.2 Å². The van der Waals surface area contributed by atoms with Crippen LogP contribution in [-0.2, 0) is 6.54 Å². The van der Waals surface area contributed by atoms with E-state index in [1.807, 2.05) is 54.3 Å². The number of imidazole rings is 1. The average molecular weight is 458 g/mol. The van der Waals surface area contributed by atoms with E-state index in [2.05, 4.69) is 10.6 Å². The van der Waals surface area contributed by atoms with Gasteiger partial charge in [0.15, 0.2) is 0 Å². The van der Waals surface area contributed by atoms with Crippen molar-refractivity contribution in [2.24, 2.45) is 0 Å². The lowest BCUT2D eigenvalue weighted by Crippen LogP contribution is -2.38. The van der Waals surface area contributed by atoms with Gasteiger partial charge in [-0.05, 0) is 73.4 Å². The Labute approximate surface area is 198 Å². The largest absolute Gasteiger partial charge is 0.496 e. The molecule has 0 radical (unpaired) electrons. The van der Waals surface area contributed by atoms with E-state index in [1.165, 1.54) is 6.07 Å². The molecule has 34 heavy (non-hydrogen) atoms. The summed E-state index contributed by atoms with van der Waals surface area (Å²) in [5, 5.41) is 0. The normalized spacial score (nSPS) is 14.5. The highest BCUT2D eigenvalue weighted by atomic mass is 19.1. The van der Waals surface area contributed by atoms with Gasteiger partial charge in [-0.1, -0.05) is 24.3 Å². The number of aryl methyl sites for hydroxylation is 1. The molecule has 1 amide bonds. The Morgan fingerprint density at radius 2 is 1.85 bits per heavy atom. The van der Waals surface area contributed by atoms with Crippen LogP contribution in [0.2, 0.25) is 0 Å². The third-order valence-corrected chi connectivity index (χ3v) is 6.70. The van der Waals surface area contributed by atoms with Crippen molar-refractivity contribution in [3.8, 4) is 5.75 Å². The molecule has 1 fully saturated rings. The van der Waals surface area contributed by atoms with Crippen molar-refractivity contribution in [1.29, 1.82) is 0 Å². The van der Waals surface area contributed by atoms with Gasteiger partial charge in [0, 0.05) is 31.1 Å². The summed E-state index contributed by atoms with van der Waals surface area (Å²) in [7, 11) is 1.64. The van der Waals surface area contributed by atoms with Crippen molar-refractivity contribution in [1.82, 2.24) is 14.5 Å². The quantitative estimate of drug-likeness (QED) is 0.394. The summed E-state index contributed by atoms with van der Waals surface area (Å²) < 4.78 is 21.3. The number of likely N-dealkylation sites (tertiary alicyclic amines) is 1. The first kappa shape index (κ1) is 22.1. The van der Waals surface area contributed by atoms with E-state index < -0.39 is 0 Å². The minimum Gasteiger partial charge on any atom is -0.496 e. The van der Waals surface area contributed by atoms with E-state index in [0.29, 0.717) is 25.2 Å². The molecule has 5 nitrogen and oxygen atoms in total. The number of hydrogen-bond acceptors (Lipinski definition) is 3. The highest BCUT2D eigenvalue weighted by molar-refractivity contribution is 5.94. The van der Waals surface area contributed by atoms with Crippen LogP contribution in [0, 0.1) is 12.7 Å². The molecule has 1 saturated heterocycles. The van der Waals surface area contributed by atoms with Gasteiger partial charge in [-0.15, -0.1) is 0 Å². The van der Waals surface area contributed by atoms with Crippen LogP contribution in [0.4, 0.5) is 4.39 Å². The van der Waals surface area contributed by atoms with Gasteiger partial charge in [-0.3, -0.25) is 4.79 Å². The van der Waals surface area contributed by atoms with Crippen LogP contribution < -0.4 is 4.74 Å². The zero-order valence-corrected chi connectivity index (χ0v) is 19.5. The number of ether oxygens (including phenoxy) is 1. The van der Waals surface area contributed by atoms with Gasteiger partial charge < -0.3 is 14.2 Å². The molecule has 5 rings (SSSR count). The van der Waals surface area contributed by atoms with Gasteiger partial charge in [0.05, 0.1) is 18.1 Å². The molecular weight excluding hydrogens is 429 g/mol. The van der Waals surface area contributed by atoms with Crippen molar-refractivity contribution < 1.29 is 13.9 Å². The first-order chi connectivity index (χ1) is 16.5. The van der Waals surface area contributed by atoms with Crippen LogP contribution in [0.25, 0.3) is 11.0 Å². The van der Waals surface area contributed by atoms with Crippen LogP contribution >= 0.6 is 0 Å². The molecular formula is C28H28FN3O2.